The van der Waals surface area contributed by atoms with Gasteiger partial charge in [0.05, 0.1) is 11.0 Å². The molecule has 21 heavy (non-hydrogen) atoms. The van der Waals surface area contributed by atoms with Gasteiger partial charge in [-0.2, -0.15) is 13.2 Å². The Morgan fingerprint density at radius 3 is 2.38 bits per heavy atom. The summed E-state index contributed by atoms with van der Waals surface area (Å²) in [6.07, 6.45) is 1.07. The third-order valence-corrected chi connectivity index (χ3v) is 5.07. The second-order valence-electron chi connectivity index (χ2n) is 4.98. The summed E-state index contributed by atoms with van der Waals surface area (Å²) in [5, 5.41) is 3.08. The van der Waals surface area contributed by atoms with Crippen molar-refractivity contribution in [2.75, 3.05) is 18.5 Å². The van der Waals surface area contributed by atoms with Crippen LogP contribution in [0.5, 0.6) is 0 Å². The Hall–Kier alpha value is -1.28. The Kier molecular flexibility index (Phi) is 4.48. The number of ether oxygens (including phenoxy) is 1. The standard InChI is InChI=1S/C13H16F3NO3S/c1-9-10(6-7-20-9)8-17-11-2-4-12(5-3-11)21(18,19)13(14,15)16/h2-5,9-10,17H,6-8H2,1H3. The summed E-state index contributed by atoms with van der Waals surface area (Å²) in [4.78, 5) is -0.752. The number of benzene rings is 1. The highest BCUT2D eigenvalue weighted by molar-refractivity contribution is 7.92. The van der Waals surface area contributed by atoms with Crippen molar-refractivity contribution in [1.29, 1.82) is 0 Å². The van der Waals surface area contributed by atoms with Crippen LogP contribution in [-0.4, -0.2) is 33.2 Å². The van der Waals surface area contributed by atoms with Crippen LogP contribution in [0, 0.1) is 5.92 Å². The van der Waals surface area contributed by atoms with Crippen LogP contribution in [0.4, 0.5) is 18.9 Å². The van der Waals surface area contributed by atoms with E-state index in [1.165, 1.54) is 12.1 Å². The van der Waals surface area contributed by atoms with Crippen molar-refractivity contribution in [1.82, 2.24) is 0 Å². The summed E-state index contributed by atoms with van der Waals surface area (Å²) in [6, 6.07) is 4.58. The van der Waals surface area contributed by atoms with E-state index in [0.717, 1.165) is 18.6 Å². The molecule has 1 aromatic carbocycles. The molecular weight excluding hydrogens is 307 g/mol. The Morgan fingerprint density at radius 1 is 1.29 bits per heavy atom. The monoisotopic (exact) mass is 323 g/mol. The van der Waals surface area contributed by atoms with Crippen LogP contribution in [0.2, 0.25) is 0 Å². The lowest BCUT2D eigenvalue weighted by molar-refractivity contribution is -0.0436. The fourth-order valence-electron chi connectivity index (χ4n) is 2.18. The molecule has 118 valence electrons. The normalized spacial score (nSPS) is 23.2. The Morgan fingerprint density at radius 2 is 1.90 bits per heavy atom. The predicted molar refractivity (Wildman–Crippen MR) is 71.7 cm³/mol. The molecule has 2 rings (SSSR count). The van der Waals surface area contributed by atoms with Crippen LogP contribution in [0.1, 0.15) is 13.3 Å². The summed E-state index contributed by atoms with van der Waals surface area (Å²) in [7, 11) is -5.28. The van der Waals surface area contributed by atoms with Crippen molar-refractivity contribution in [3.8, 4) is 0 Å². The molecule has 0 saturated carbocycles. The van der Waals surface area contributed by atoms with Crippen molar-refractivity contribution >= 4 is 15.5 Å². The van der Waals surface area contributed by atoms with Crippen molar-refractivity contribution < 1.29 is 26.3 Å². The molecule has 1 fully saturated rings. The Labute approximate surface area is 121 Å². The molecule has 1 saturated heterocycles. The maximum absolute atomic E-state index is 12.4. The number of sulfone groups is 1. The summed E-state index contributed by atoms with van der Waals surface area (Å²) in [6.45, 7) is 3.31. The smallest absolute Gasteiger partial charge is 0.385 e. The maximum atomic E-state index is 12.4. The lowest BCUT2D eigenvalue weighted by Gasteiger charge is -2.16. The third kappa shape index (κ3) is 3.49. The molecule has 0 amide bonds. The van der Waals surface area contributed by atoms with Crippen LogP contribution < -0.4 is 5.32 Å². The zero-order valence-corrected chi connectivity index (χ0v) is 12.2. The van der Waals surface area contributed by atoms with Crippen LogP contribution >= 0.6 is 0 Å². The van der Waals surface area contributed by atoms with Gasteiger partial charge in [-0.05, 0) is 37.6 Å². The molecule has 2 unspecified atom stereocenters. The van der Waals surface area contributed by atoms with Gasteiger partial charge in [0.15, 0.2) is 0 Å². The zero-order valence-electron chi connectivity index (χ0n) is 11.4. The second kappa shape index (κ2) is 5.84. The van der Waals surface area contributed by atoms with Gasteiger partial charge in [0, 0.05) is 24.8 Å². The van der Waals surface area contributed by atoms with Crippen molar-refractivity contribution in [3.63, 3.8) is 0 Å². The quantitative estimate of drug-likeness (QED) is 0.926. The molecule has 8 heteroatoms. The molecule has 2 atom stereocenters. The molecule has 1 heterocycles. The minimum atomic E-state index is -5.28. The third-order valence-electron chi connectivity index (χ3n) is 3.57. The van der Waals surface area contributed by atoms with Crippen LogP contribution in [0.3, 0.4) is 0 Å². The van der Waals surface area contributed by atoms with E-state index in [-0.39, 0.29) is 6.10 Å². The number of rotatable bonds is 4. The van der Waals surface area contributed by atoms with E-state index in [2.05, 4.69) is 5.32 Å². The fourth-order valence-corrected chi connectivity index (χ4v) is 2.94. The van der Waals surface area contributed by atoms with Gasteiger partial charge in [0.2, 0.25) is 0 Å². The molecule has 1 aliphatic rings. The van der Waals surface area contributed by atoms with Gasteiger partial charge in [0.25, 0.3) is 9.84 Å². The summed E-state index contributed by atoms with van der Waals surface area (Å²) < 4.78 is 65.0. The van der Waals surface area contributed by atoms with Gasteiger partial charge in [0.1, 0.15) is 0 Å². The van der Waals surface area contributed by atoms with Gasteiger partial charge in [-0.1, -0.05) is 0 Å². The van der Waals surface area contributed by atoms with Crippen LogP contribution in [0.15, 0.2) is 29.2 Å². The molecule has 0 spiro atoms. The van der Waals surface area contributed by atoms with Crippen LogP contribution in [0.25, 0.3) is 0 Å². The lowest BCUT2D eigenvalue weighted by Crippen LogP contribution is -2.23. The number of hydrogen-bond acceptors (Lipinski definition) is 4. The molecule has 0 radical (unpaired) electrons. The highest BCUT2D eigenvalue weighted by Crippen LogP contribution is 2.30. The average Bonchev–Trinajstić information content (AvgIpc) is 2.81. The van der Waals surface area contributed by atoms with Crippen LogP contribution in [-0.2, 0) is 14.6 Å². The second-order valence-corrected chi connectivity index (χ2v) is 6.92. The number of hydrogen-bond donors (Lipinski definition) is 1. The van der Waals surface area contributed by atoms with E-state index in [1.807, 2.05) is 6.92 Å². The van der Waals surface area contributed by atoms with E-state index < -0.39 is 20.2 Å². The van der Waals surface area contributed by atoms with E-state index in [0.29, 0.717) is 24.8 Å². The van der Waals surface area contributed by atoms with Gasteiger partial charge in [-0.25, -0.2) is 8.42 Å². The SMILES string of the molecule is CC1OCCC1CNc1ccc(S(=O)(=O)C(F)(F)F)cc1. The first-order valence-corrected chi connectivity index (χ1v) is 7.97. The van der Waals surface area contributed by atoms with Gasteiger partial charge >= 0.3 is 5.51 Å². The molecule has 0 aromatic heterocycles. The predicted octanol–water partition coefficient (Wildman–Crippen LogP) is 2.82. The van der Waals surface area contributed by atoms with Gasteiger partial charge < -0.3 is 10.1 Å². The molecule has 4 nitrogen and oxygen atoms in total. The topological polar surface area (TPSA) is 55.4 Å². The molecule has 1 aromatic rings. The molecule has 0 bridgehead atoms. The molecular formula is C13H16F3NO3S. The van der Waals surface area contributed by atoms with Crippen molar-refractivity contribution in [2.45, 2.75) is 29.9 Å². The number of nitrogens with one attached hydrogen (secondary N) is 1. The highest BCUT2D eigenvalue weighted by atomic mass is 32.2. The molecule has 1 aliphatic heterocycles. The Balaban J connectivity index is 2.03. The van der Waals surface area contributed by atoms with Crippen molar-refractivity contribution in [3.05, 3.63) is 24.3 Å². The summed E-state index contributed by atoms with van der Waals surface area (Å²) in [5.74, 6) is 0.337. The first kappa shape index (κ1) is 16.1. The first-order chi connectivity index (χ1) is 9.72. The molecule has 1 N–H and O–H groups in total. The van der Waals surface area contributed by atoms with Crippen molar-refractivity contribution in [2.24, 2.45) is 5.92 Å². The van der Waals surface area contributed by atoms with E-state index >= 15 is 0 Å². The van der Waals surface area contributed by atoms with E-state index in [1.54, 1.807) is 0 Å². The molecule has 0 aliphatic carbocycles. The van der Waals surface area contributed by atoms with E-state index in [9.17, 15) is 21.6 Å². The van der Waals surface area contributed by atoms with E-state index in [4.69, 9.17) is 4.74 Å². The number of anilines is 1. The fraction of sp³-hybridized carbons (Fsp3) is 0.538. The minimum absolute atomic E-state index is 0.141. The summed E-state index contributed by atoms with van der Waals surface area (Å²) >= 11 is 0. The van der Waals surface area contributed by atoms with Gasteiger partial charge in [-0.3, -0.25) is 0 Å². The average molecular weight is 323 g/mol. The number of alkyl halides is 3. The largest absolute Gasteiger partial charge is 0.501 e. The lowest BCUT2D eigenvalue weighted by atomic mass is 10.0. The zero-order chi connectivity index (χ0) is 15.7. The number of halogens is 3. The summed E-state index contributed by atoms with van der Waals surface area (Å²) in [5.41, 5.74) is -4.70. The highest BCUT2D eigenvalue weighted by Gasteiger charge is 2.46. The first-order valence-electron chi connectivity index (χ1n) is 6.49. The Bertz CT molecular complexity index is 584. The van der Waals surface area contributed by atoms with Gasteiger partial charge in [-0.15, -0.1) is 0 Å². The minimum Gasteiger partial charge on any atom is -0.385 e. The maximum Gasteiger partial charge on any atom is 0.501 e.